The van der Waals surface area contributed by atoms with Crippen LogP contribution in [-0.4, -0.2) is 34.8 Å². The van der Waals surface area contributed by atoms with Gasteiger partial charge < -0.3 is 15.7 Å². The Balaban J connectivity index is 1.96. The molecule has 1 atom stereocenters. The molecule has 2 aromatic rings. The quantitative estimate of drug-likeness (QED) is 0.668. The Morgan fingerprint density at radius 2 is 1.96 bits per heavy atom. The van der Waals surface area contributed by atoms with E-state index in [1.807, 2.05) is 5.32 Å². The van der Waals surface area contributed by atoms with Gasteiger partial charge in [0.2, 0.25) is 6.41 Å². The van der Waals surface area contributed by atoms with Crippen LogP contribution in [0.5, 0.6) is 5.75 Å². The predicted molar refractivity (Wildman–Crippen MR) is 89.3 cm³/mol. The summed E-state index contributed by atoms with van der Waals surface area (Å²) < 4.78 is 26.8. The molecule has 1 unspecified atom stereocenters. The summed E-state index contributed by atoms with van der Waals surface area (Å²) in [7, 11) is 0. The fourth-order valence-corrected chi connectivity index (χ4v) is 3.04. The lowest BCUT2D eigenvalue weighted by Crippen LogP contribution is -2.57. The van der Waals surface area contributed by atoms with E-state index in [1.165, 1.54) is 17.0 Å². The summed E-state index contributed by atoms with van der Waals surface area (Å²) in [5.41, 5.74) is 4.97. The molecule has 0 saturated carbocycles. The number of nitrogens with one attached hydrogen (secondary N) is 1. The van der Waals surface area contributed by atoms with Crippen LogP contribution in [0.25, 0.3) is 0 Å². The Bertz CT molecular complexity index is 933. The number of hydrogen-bond donors (Lipinski definition) is 3. The number of halogens is 2. The number of phenols is 1. The highest BCUT2D eigenvalue weighted by molar-refractivity contribution is 6.00. The summed E-state index contributed by atoms with van der Waals surface area (Å²) in [4.78, 5) is 36.9. The molecule has 140 valence electrons. The number of carbonyl (C=O) groups is 3. The molecule has 0 fully saturated rings. The van der Waals surface area contributed by atoms with Gasteiger partial charge in [0.1, 0.15) is 11.4 Å². The average Bonchev–Trinajstić information content (AvgIpc) is 2.91. The fraction of sp³-hybridized carbons (Fsp3) is 0.167. The molecule has 0 aromatic heterocycles. The summed E-state index contributed by atoms with van der Waals surface area (Å²) in [5.74, 6) is -3.56. The van der Waals surface area contributed by atoms with Crippen LogP contribution < -0.4 is 11.1 Å². The zero-order chi connectivity index (χ0) is 19.8. The molecule has 0 spiro atoms. The Kier molecular flexibility index (Phi) is 4.63. The van der Waals surface area contributed by atoms with Crippen molar-refractivity contribution in [2.45, 2.75) is 12.1 Å². The van der Waals surface area contributed by atoms with E-state index in [4.69, 9.17) is 5.73 Å². The molecule has 4 N–H and O–H groups in total. The zero-order valence-electron chi connectivity index (χ0n) is 13.9. The molecule has 0 saturated heterocycles. The number of phenolic OH excluding ortho intramolecular Hbond substituents is 1. The highest BCUT2D eigenvalue weighted by atomic mass is 19.1. The van der Waals surface area contributed by atoms with Gasteiger partial charge in [-0.15, -0.1) is 0 Å². The van der Waals surface area contributed by atoms with Crippen LogP contribution in [0.1, 0.15) is 21.5 Å². The van der Waals surface area contributed by atoms with E-state index in [9.17, 15) is 28.3 Å². The Hall–Kier alpha value is -3.33. The van der Waals surface area contributed by atoms with E-state index in [-0.39, 0.29) is 30.6 Å². The predicted octanol–water partition coefficient (Wildman–Crippen LogP) is 0.753. The van der Waals surface area contributed by atoms with Gasteiger partial charge in [-0.2, -0.15) is 0 Å². The van der Waals surface area contributed by atoms with Gasteiger partial charge in [0, 0.05) is 12.1 Å². The third kappa shape index (κ3) is 3.24. The van der Waals surface area contributed by atoms with Crippen LogP contribution >= 0.6 is 0 Å². The normalized spacial score (nSPS) is 15.2. The lowest BCUT2D eigenvalue weighted by atomic mass is 9.89. The number of nitrogens with zero attached hydrogens (tertiary/aromatic N) is 1. The maximum Gasteiger partial charge on any atom is 0.254 e. The van der Waals surface area contributed by atoms with Gasteiger partial charge in [-0.3, -0.25) is 19.7 Å². The zero-order valence-corrected chi connectivity index (χ0v) is 13.9. The molecule has 1 aliphatic heterocycles. The number of rotatable bonds is 5. The first-order chi connectivity index (χ1) is 12.8. The minimum Gasteiger partial charge on any atom is -0.505 e. The van der Waals surface area contributed by atoms with Crippen LogP contribution in [0.15, 0.2) is 36.4 Å². The van der Waals surface area contributed by atoms with Crippen molar-refractivity contribution in [2.24, 2.45) is 5.73 Å². The number of benzene rings is 2. The number of carbonyl (C=O) groups excluding carboxylic acids is 3. The minimum atomic E-state index is -1.85. The van der Waals surface area contributed by atoms with E-state index in [1.54, 1.807) is 0 Å². The summed E-state index contributed by atoms with van der Waals surface area (Å²) in [6.07, 6.45) is 0.154. The van der Waals surface area contributed by atoms with Crippen molar-refractivity contribution < 1.29 is 28.3 Å². The number of nitrogens with two attached hydrogens (primary N) is 1. The van der Waals surface area contributed by atoms with Crippen molar-refractivity contribution >= 4 is 18.2 Å². The van der Waals surface area contributed by atoms with Gasteiger partial charge in [-0.25, -0.2) is 8.78 Å². The first-order valence-corrected chi connectivity index (χ1v) is 7.86. The second kappa shape index (κ2) is 6.76. The van der Waals surface area contributed by atoms with Gasteiger partial charge in [0.25, 0.3) is 11.8 Å². The van der Waals surface area contributed by atoms with Gasteiger partial charge in [-0.05, 0) is 35.4 Å². The molecule has 27 heavy (non-hydrogen) atoms. The van der Waals surface area contributed by atoms with Crippen molar-refractivity contribution in [1.82, 2.24) is 10.2 Å². The molecule has 3 amide bonds. The van der Waals surface area contributed by atoms with Gasteiger partial charge in [0.15, 0.2) is 11.6 Å². The minimum absolute atomic E-state index is 0.0173. The molecule has 2 aromatic carbocycles. The van der Waals surface area contributed by atoms with Gasteiger partial charge in [-0.1, -0.05) is 12.1 Å². The highest BCUT2D eigenvalue weighted by Crippen LogP contribution is 2.31. The molecule has 0 radical (unpaired) electrons. The maximum absolute atomic E-state index is 13.6. The summed E-state index contributed by atoms with van der Waals surface area (Å²) in [5, 5.41) is 11.4. The van der Waals surface area contributed by atoms with Gasteiger partial charge in [0.05, 0.1) is 6.54 Å². The lowest BCUT2D eigenvalue weighted by molar-refractivity contribution is -0.130. The summed E-state index contributed by atoms with van der Waals surface area (Å²) in [6, 6.07) is 6.79. The van der Waals surface area contributed by atoms with Crippen molar-refractivity contribution in [3.8, 4) is 5.75 Å². The molecule has 0 aliphatic carbocycles. The van der Waals surface area contributed by atoms with Crippen LogP contribution in [0.2, 0.25) is 0 Å². The molecular formula is C18H15F2N3O4. The smallest absolute Gasteiger partial charge is 0.254 e. The lowest BCUT2D eigenvalue weighted by Gasteiger charge is -2.32. The van der Waals surface area contributed by atoms with E-state index in [0.717, 1.165) is 24.3 Å². The highest BCUT2D eigenvalue weighted by Gasteiger charge is 2.41. The third-order valence-electron chi connectivity index (χ3n) is 4.45. The summed E-state index contributed by atoms with van der Waals surface area (Å²) in [6.45, 7) is -0.370. The van der Waals surface area contributed by atoms with Crippen molar-refractivity contribution in [1.29, 1.82) is 0 Å². The summed E-state index contributed by atoms with van der Waals surface area (Å²) >= 11 is 0. The van der Waals surface area contributed by atoms with Gasteiger partial charge >= 0.3 is 0 Å². The molecule has 1 aliphatic rings. The van der Waals surface area contributed by atoms with Crippen LogP contribution in [0, 0.1) is 11.6 Å². The van der Waals surface area contributed by atoms with Crippen molar-refractivity contribution in [3.63, 3.8) is 0 Å². The first kappa shape index (κ1) is 18.5. The van der Waals surface area contributed by atoms with E-state index in [0.29, 0.717) is 5.56 Å². The number of hydrogen-bond acceptors (Lipinski definition) is 5. The van der Waals surface area contributed by atoms with E-state index in [2.05, 4.69) is 0 Å². The number of fused-ring (bicyclic) bond motifs is 1. The van der Waals surface area contributed by atoms with Crippen LogP contribution in [-0.2, 0) is 21.7 Å². The molecule has 1 heterocycles. The van der Waals surface area contributed by atoms with E-state index >= 15 is 0 Å². The SMILES string of the molecule is NC(CN1Cc2cc(O)c(F)cc2C1=O)(C(=O)NC=O)c1ccc(F)cc1. The Morgan fingerprint density at radius 3 is 2.59 bits per heavy atom. The Morgan fingerprint density at radius 1 is 1.30 bits per heavy atom. The third-order valence-corrected chi connectivity index (χ3v) is 4.45. The second-order valence-corrected chi connectivity index (χ2v) is 6.19. The average molecular weight is 375 g/mol. The molecule has 0 bridgehead atoms. The number of amides is 3. The standard InChI is InChI=1S/C18H15F2N3O4/c19-12-3-1-11(2-4-12)18(21,17(27)22-9-24)8-23-7-10-5-15(25)14(20)6-13(10)16(23)26/h1-6,9,25H,7-8,21H2,(H,22,24,27). The molecule has 7 nitrogen and oxygen atoms in total. The van der Waals surface area contributed by atoms with Crippen molar-refractivity contribution in [3.05, 3.63) is 64.7 Å². The van der Waals surface area contributed by atoms with Crippen molar-refractivity contribution in [2.75, 3.05) is 6.54 Å². The maximum atomic E-state index is 13.6. The number of aromatic hydroxyl groups is 1. The molecule has 3 rings (SSSR count). The van der Waals surface area contributed by atoms with E-state index < -0.39 is 34.7 Å². The van der Waals surface area contributed by atoms with Crippen LogP contribution in [0.4, 0.5) is 8.78 Å². The monoisotopic (exact) mass is 375 g/mol. The fourth-order valence-electron chi connectivity index (χ4n) is 3.04. The second-order valence-electron chi connectivity index (χ2n) is 6.19. The largest absolute Gasteiger partial charge is 0.505 e. The topological polar surface area (TPSA) is 113 Å². The first-order valence-electron chi connectivity index (χ1n) is 7.86. The molecule has 9 heteroatoms. The number of imide groups is 1. The Labute approximate surface area is 152 Å². The molecular weight excluding hydrogens is 360 g/mol. The van der Waals surface area contributed by atoms with Crippen LogP contribution in [0.3, 0.4) is 0 Å².